The van der Waals surface area contributed by atoms with Crippen molar-refractivity contribution in [3.8, 4) is 5.75 Å². The van der Waals surface area contributed by atoms with Crippen molar-refractivity contribution in [2.45, 2.75) is 24.4 Å². The van der Waals surface area contributed by atoms with Crippen LogP contribution >= 0.6 is 0 Å². The summed E-state index contributed by atoms with van der Waals surface area (Å²) in [6, 6.07) is 8.66. The van der Waals surface area contributed by atoms with Gasteiger partial charge in [0.15, 0.2) is 5.03 Å². The minimum Gasteiger partial charge on any atom is -0.492 e. The van der Waals surface area contributed by atoms with Gasteiger partial charge in [-0.2, -0.15) is 9.40 Å². The fourth-order valence-electron chi connectivity index (χ4n) is 3.89. The molecule has 1 fully saturated rings. The molecule has 0 aliphatic carbocycles. The number of fused-ring (bicyclic) bond motifs is 3. The normalized spacial score (nSPS) is 25.3. The van der Waals surface area contributed by atoms with Crippen molar-refractivity contribution < 1.29 is 23.1 Å². The summed E-state index contributed by atoms with van der Waals surface area (Å²) in [4.78, 5) is 12.1. The molecule has 2 atom stereocenters. The number of sulfonamides is 1. The SMILES string of the molecule is CCn1nccc1S(=O)(=O)N1C[C@@H]2c3ccccc3OC[C@]2(C(=O)O)C1. The van der Waals surface area contributed by atoms with Gasteiger partial charge in [0.25, 0.3) is 10.0 Å². The monoisotopic (exact) mass is 377 g/mol. The topological polar surface area (TPSA) is 102 Å². The van der Waals surface area contributed by atoms with Crippen LogP contribution in [0.1, 0.15) is 18.4 Å². The van der Waals surface area contributed by atoms with Crippen LogP contribution in [0.5, 0.6) is 5.75 Å². The maximum absolute atomic E-state index is 13.1. The fourth-order valence-corrected chi connectivity index (χ4v) is 5.57. The predicted molar refractivity (Wildman–Crippen MR) is 91.4 cm³/mol. The Kier molecular flexibility index (Phi) is 3.81. The van der Waals surface area contributed by atoms with E-state index in [0.29, 0.717) is 12.3 Å². The summed E-state index contributed by atoms with van der Waals surface area (Å²) in [7, 11) is -3.86. The summed E-state index contributed by atoms with van der Waals surface area (Å²) >= 11 is 0. The minimum atomic E-state index is -3.86. The van der Waals surface area contributed by atoms with E-state index in [-0.39, 0.29) is 24.7 Å². The number of carbonyl (C=O) groups is 1. The van der Waals surface area contributed by atoms with Gasteiger partial charge in [-0.05, 0) is 24.6 Å². The Morgan fingerprint density at radius 2 is 2.15 bits per heavy atom. The number of nitrogens with zero attached hydrogens (tertiary/aromatic N) is 3. The highest BCUT2D eigenvalue weighted by Gasteiger charge is 2.59. The molecule has 0 saturated carbocycles. The van der Waals surface area contributed by atoms with Gasteiger partial charge in [0.05, 0.1) is 6.20 Å². The highest BCUT2D eigenvalue weighted by molar-refractivity contribution is 7.89. The van der Waals surface area contributed by atoms with E-state index in [4.69, 9.17) is 4.74 Å². The molecule has 1 N–H and O–H groups in total. The number of hydrogen-bond acceptors (Lipinski definition) is 5. The molecule has 138 valence electrons. The van der Waals surface area contributed by atoms with E-state index >= 15 is 0 Å². The smallest absolute Gasteiger partial charge is 0.315 e. The average Bonchev–Trinajstić information content (AvgIpc) is 3.27. The predicted octanol–water partition coefficient (Wildman–Crippen LogP) is 1.15. The van der Waals surface area contributed by atoms with Gasteiger partial charge in [-0.1, -0.05) is 18.2 Å². The van der Waals surface area contributed by atoms with Crippen molar-refractivity contribution in [1.29, 1.82) is 0 Å². The first kappa shape index (κ1) is 17.0. The number of aliphatic carboxylic acids is 1. The Morgan fingerprint density at radius 1 is 1.38 bits per heavy atom. The molecule has 8 nitrogen and oxygen atoms in total. The molecule has 0 spiro atoms. The third kappa shape index (κ3) is 2.27. The molecule has 4 rings (SSSR count). The van der Waals surface area contributed by atoms with Gasteiger partial charge in [-0.25, -0.2) is 8.42 Å². The second-order valence-corrected chi connectivity index (χ2v) is 8.51. The standard InChI is InChI=1S/C17H19N3O5S/c1-2-20-15(7-8-18-20)26(23,24)19-9-13-12-5-3-4-6-14(12)25-11-17(13,10-19)16(21)22/h3-8,13H,2,9-11H2,1H3,(H,21,22)/t13-,17-/m1/s1. The second kappa shape index (κ2) is 5.82. The number of rotatable bonds is 4. The summed E-state index contributed by atoms with van der Waals surface area (Å²) in [5.74, 6) is -0.886. The van der Waals surface area contributed by atoms with E-state index in [2.05, 4.69) is 5.10 Å². The number of carboxylic acid groups (broad SMARTS) is 1. The van der Waals surface area contributed by atoms with Crippen LogP contribution in [0.2, 0.25) is 0 Å². The van der Waals surface area contributed by atoms with Crippen molar-refractivity contribution >= 4 is 16.0 Å². The maximum atomic E-state index is 13.1. The third-order valence-corrected chi connectivity index (χ3v) is 7.13. The van der Waals surface area contributed by atoms with Crippen molar-refractivity contribution in [1.82, 2.24) is 14.1 Å². The van der Waals surface area contributed by atoms with Crippen LogP contribution in [-0.2, 0) is 21.4 Å². The number of carboxylic acids is 1. The summed E-state index contributed by atoms with van der Waals surface area (Å²) < 4.78 is 34.6. The van der Waals surface area contributed by atoms with Gasteiger partial charge in [0, 0.05) is 25.6 Å². The Morgan fingerprint density at radius 3 is 2.88 bits per heavy atom. The fraction of sp³-hybridized carbons (Fsp3) is 0.412. The highest BCUT2D eigenvalue weighted by Crippen LogP contribution is 2.50. The molecule has 9 heteroatoms. The molecule has 0 radical (unpaired) electrons. The van der Waals surface area contributed by atoms with Crippen molar-refractivity contribution in [3.05, 3.63) is 42.1 Å². The van der Waals surface area contributed by atoms with Crippen LogP contribution in [-0.4, -0.2) is 53.3 Å². The van der Waals surface area contributed by atoms with Crippen LogP contribution in [0, 0.1) is 5.41 Å². The molecule has 1 saturated heterocycles. The van der Waals surface area contributed by atoms with E-state index in [1.807, 2.05) is 18.2 Å². The van der Waals surface area contributed by atoms with Gasteiger partial charge < -0.3 is 9.84 Å². The lowest BCUT2D eigenvalue weighted by atomic mass is 9.73. The van der Waals surface area contributed by atoms with Gasteiger partial charge in [-0.15, -0.1) is 0 Å². The Labute approximate surface area is 151 Å². The van der Waals surface area contributed by atoms with Gasteiger partial charge in [-0.3, -0.25) is 9.48 Å². The first-order chi connectivity index (χ1) is 12.4. The van der Waals surface area contributed by atoms with E-state index in [9.17, 15) is 18.3 Å². The van der Waals surface area contributed by atoms with E-state index in [0.717, 1.165) is 5.56 Å². The summed E-state index contributed by atoms with van der Waals surface area (Å²) in [5, 5.41) is 14.0. The molecule has 0 amide bonds. The summed E-state index contributed by atoms with van der Waals surface area (Å²) in [5.41, 5.74) is -0.554. The minimum absolute atomic E-state index is 0.0525. The summed E-state index contributed by atoms with van der Waals surface area (Å²) in [6.07, 6.45) is 1.44. The lowest BCUT2D eigenvalue weighted by Gasteiger charge is -2.35. The van der Waals surface area contributed by atoms with Gasteiger partial charge in [0.2, 0.25) is 0 Å². The van der Waals surface area contributed by atoms with E-state index < -0.39 is 27.3 Å². The quantitative estimate of drug-likeness (QED) is 0.858. The lowest BCUT2D eigenvalue weighted by molar-refractivity contribution is -0.151. The number of aromatic nitrogens is 2. The van der Waals surface area contributed by atoms with Gasteiger partial charge >= 0.3 is 5.97 Å². The number of benzene rings is 1. The Hall–Kier alpha value is -2.39. The number of aryl methyl sites for hydroxylation is 1. The third-order valence-electron chi connectivity index (χ3n) is 5.30. The van der Waals surface area contributed by atoms with E-state index in [1.165, 1.54) is 21.3 Å². The molecule has 1 aromatic heterocycles. The largest absolute Gasteiger partial charge is 0.492 e. The number of hydrogen-bond donors (Lipinski definition) is 1. The van der Waals surface area contributed by atoms with Crippen LogP contribution in [0.25, 0.3) is 0 Å². The molecule has 0 unspecified atom stereocenters. The van der Waals surface area contributed by atoms with Crippen LogP contribution in [0.15, 0.2) is 41.6 Å². The molecule has 2 aliphatic rings. The molecule has 26 heavy (non-hydrogen) atoms. The molecule has 3 heterocycles. The zero-order valence-electron chi connectivity index (χ0n) is 14.2. The maximum Gasteiger partial charge on any atom is 0.315 e. The molecule has 2 aliphatic heterocycles. The Bertz CT molecular complexity index is 970. The molecular formula is C17H19N3O5S. The molecular weight excluding hydrogens is 358 g/mol. The molecule has 2 aromatic rings. The highest BCUT2D eigenvalue weighted by atomic mass is 32.2. The van der Waals surface area contributed by atoms with Crippen molar-refractivity contribution in [3.63, 3.8) is 0 Å². The first-order valence-electron chi connectivity index (χ1n) is 8.37. The van der Waals surface area contributed by atoms with Crippen molar-refractivity contribution in [2.75, 3.05) is 19.7 Å². The lowest BCUT2D eigenvalue weighted by Crippen LogP contribution is -2.46. The molecule has 1 aromatic carbocycles. The number of ether oxygens (including phenoxy) is 1. The van der Waals surface area contributed by atoms with Crippen LogP contribution < -0.4 is 4.74 Å². The average molecular weight is 377 g/mol. The number of para-hydroxylation sites is 1. The molecule has 0 bridgehead atoms. The Balaban J connectivity index is 1.78. The summed E-state index contributed by atoms with van der Waals surface area (Å²) in [6.45, 7) is 2.14. The first-order valence-corrected chi connectivity index (χ1v) is 9.81. The van der Waals surface area contributed by atoms with Crippen LogP contribution in [0.3, 0.4) is 0 Å². The second-order valence-electron chi connectivity index (χ2n) is 6.62. The van der Waals surface area contributed by atoms with E-state index in [1.54, 1.807) is 13.0 Å². The zero-order chi connectivity index (χ0) is 18.5. The van der Waals surface area contributed by atoms with Gasteiger partial charge in [0.1, 0.15) is 17.8 Å². The van der Waals surface area contributed by atoms with Crippen molar-refractivity contribution in [2.24, 2.45) is 5.41 Å². The van der Waals surface area contributed by atoms with Crippen LogP contribution in [0.4, 0.5) is 0 Å². The zero-order valence-corrected chi connectivity index (χ0v) is 15.0.